The number of nitro groups is 1. The average Bonchev–Trinajstić information content (AvgIpc) is 2.34. The number of rotatable bonds is 1. The van der Waals surface area contributed by atoms with Gasteiger partial charge in [0, 0.05) is 6.07 Å². The number of hydrogen-bond acceptors (Lipinski definition) is 6. The summed E-state index contributed by atoms with van der Waals surface area (Å²) in [5.41, 5.74) is 0.176. The first-order chi connectivity index (χ1) is 5.54. The lowest BCUT2D eigenvalue weighted by Gasteiger charge is -1.77. The van der Waals surface area contributed by atoms with E-state index in [4.69, 9.17) is 12.6 Å². The van der Waals surface area contributed by atoms with Crippen molar-refractivity contribution in [1.82, 2.24) is 0 Å². The number of nitrogens with zero attached hydrogens (tertiary/aromatic N) is 1. The second-order valence-corrected chi connectivity index (χ2v) is 2.63. The molecule has 0 aromatic carbocycles. The molecule has 0 spiro atoms. The van der Waals surface area contributed by atoms with E-state index in [0.29, 0.717) is 0 Å². The topological polar surface area (TPSA) is 94.4 Å². The van der Waals surface area contributed by atoms with Crippen LogP contribution in [-0.4, -0.2) is 17.6 Å². The molecule has 0 bridgehead atoms. The van der Waals surface area contributed by atoms with E-state index in [-0.39, 0.29) is 5.69 Å². The van der Waals surface area contributed by atoms with Gasteiger partial charge in [-0.25, -0.2) is 0 Å². The molecular formula is C4H3NO5S2. The Kier molecular flexibility index (Phi) is 4.81. The minimum atomic E-state index is -3.11. The van der Waals surface area contributed by atoms with Crippen LogP contribution in [-0.2, 0) is 10.6 Å². The number of thiophene rings is 1. The zero-order valence-electron chi connectivity index (χ0n) is 5.54. The Morgan fingerprint density at radius 3 is 2.08 bits per heavy atom. The molecule has 0 amide bonds. The summed E-state index contributed by atoms with van der Waals surface area (Å²) in [6.45, 7) is 0. The highest BCUT2D eigenvalue weighted by Crippen LogP contribution is 2.13. The Bertz CT molecular complexity index is 331. The van der Waals surface area contributed by atoms with E-state index in [9.17, 15) is 10.1 Å². The molecule has 6 nitrogen and oxygen atoms in total. The van der Waals surface area contributed by atoms with Crippen LogP contribution in [0.5, 0.6) is 0 Å². The third kappa shape index (κ3) is 5.50. The summed E-state index contributed by atoms with van der Waals surface area (Å²) >= 11 is 1.33. The Balaban J connectivity index is 0.000000261. The molecule has 0 aliphatic heterocycles. The molecule has 1 heterocycles. The summed E-state index contributed by atoms with van der Waals surface area (Å²) in [5, 5.41) is 13.1. The normalized spacial score (nSPS) is 8.00. The first-order valence-electron chi connectivity index (χ1n) is 2.47. The van der Waals surface area contributed by atoms with Crippen molar-refractivity contribution in [3.05, 3.63) is 26.9 Å². The molecule has 0 saturated carbocycles. The maximum absolute atomic E-state index is 9.87. The van der Waals surface area contributed by atoms with Crippen molar-refractivity contribution in [2.75, 3.05) is 0 Å². The van der Waals surface area contributed by atoms with Gasteiger partial charge in [0.05, 0.1) is 10.3 Å². The van der Waals surface area contributed by atoms with E-state index in [1.165, 1.54) is 22.8 Å². The lowest BCUT2D eigenvalue weighted by molar-refractivity contribution is -0.384. The quantitative estimate of drug-likeness (QED) is 0.500. The molecule has 0 radical (unpaired) electrons. The molecule has 0 saturated heterocycles. The Hall–Kier alpha value is -1.28. The van der Waals surface area contributed by atoms with Gasteiger partial charge in [-0.1, -0.05) is 0 Å². The minimum Gasteiger partial charge on any atom is -0.258 e. The maximum Gasteiger partial charge on any atom is 0.425 e. The summed E-state index contributed by atoms with van der Waals surface area (Å²) < 4.78 is 25.3. The Labute approximate surface area is 72.7 Å². The van der Waals surface area contributed by atoms with Crippen LogP contribution in [0.1, 0.15) is 0 Å². The van der Waals surface area contributed by atoms with E-state index in [0.717, 1.165) is 0 Å². The van der Waals surface area contributed by atoms with Crippen molar-refractivity contribution in [1.29, 1.82) is 0 Å². The first-order valence-corrected chi connectivity index (χ1v) is 4.41. The van der Waals surface area contributed by atoms with Crippen LogP contribution in [0.3, 0.4) is 0 Å². The van der Waals surface area contributed by atoms with E-state index in [1.807, 2.05) is 0 Å². The molecule has 1 aromatic rings. The van der Waals surface area contributed by atoms with Crippen molar-refractivity contribution in [3.63, 3.8) is 0 Å². The standard InChI is InChI=1S/C4H3NO2S.O3S/c6-5(7)4-1-2-8-3-4;1-4(2)3/h1-3H;. The van der Waals surface area contributed by atoms with Crippen molar-refractivity contribution in [3.8, 4) is 0 Å². The van der Waals surface area contributed by atoms with Gasteiger partial charge in [-0.3, -0.25) is 10.1 Å². The van der Waals surface area contributed by atoms with E-state index < -0.39 is 15.5 Å². The average molecular weight is 209 g/mol. The molecule has 0 fully saturated rings. The summed E-state index contributed by atoms with van der Waals surface area (Å²) in [6.07, 6.45) is 0. The molecule has 12 heavy (non-hydrogen) atoms. The predicted octanol–water partition coefficient (Wildman–Crippen LogP) is 0.652. The van der Waals surface area contributed by atoms with Crippen molar-refractivity contribution in [2.45, 2.75) is 0 Å². The minimum absolute atomic E-state index is 0.176. The van der Waals surface area contributed by atoms with Crippen LogP contribution in [0.4, 0.5) is 5.69 Å². The predicted molar refractivity (Wildman–Crippen MR) is 40.7 cm³/mol. The fourth-order valence-electron chi connectivity index (χ4n) is 0.361. The smallest absolute Gasteiger partial charge is 0.258 e. The number of hydrogen-bond donors (Lipinski definition) is 0. The largest absolute Gasteiger partial charge is 0.425 e. The second-order valence-electron chi connectivity index (χ2n) is 1.44. The third-order valence-electron chi connectivity index (χ3n) is 0.717. The van der Waals surface area contributed by atoms with Gasteiger partial charge < -0.3 is 0 Å². The molecule has 0 unspecified atom stereocenters. The van der Waals surface area contributed by atoms with Crippen LogP contribution in [0.25, 0.3) is 0 Å². The van der Waals surface area contributed by atoms with Crippen LogP contribution >= 0.6 is 11.3 Å². The second kappa shape index (κ2) is 5.38. The fraction of sp³-hybridized carbons (Fsp3) is 0. The molecule has 1 rings (SSSR count). The molecule has 0 atom stereocenters. The van der Waals surface area contributed by atoms with E-state index >= 15 is 0 Å². The van der Waals surface area contributed by atoms with Gasteiger partial charge in [-0.05, 0) is 5.38 Å². The lowest BCUT2D eigenvalue weighted by atomic mass is 10.6. The van der Waals surface area contributed by atoms with Gasteiger partial charge >= 0.3 is 10.6 Å². The molecule has 1 aromatic heterocycles. The summed E-state index contributed by atoms with van der Waals surface area (Å²) in [6, 6.07) is 1.48. The van der Waals surface area contributed by atoms with Crippen molar-refractivity contribution < 1.29 is 17.6 Å². The highest BCUT2D eigenvalue weighted by Gasteiger charge is 2.00. The van der Waals surface area contributed by atoms with Crippen LogP contribution < -0.4 is 0 Å². The fourth-order valence-corrected chi connectivity index (χ4v) is 0.962. The van der Waals surface area contributed by atoms with Gasteiger partial charge in [-0.2, -0.15) is 0 Å². The van der Waals surface area contributed by atoms with Gasteiger partial charge in [0.1, 0.15) is 0 Å². The summed E-state index contributed by atoms with van der Waals surface area (Å²) in [4.78, 5) is 9.47. The molecule has 0 N–H and O–H groups in total. The summed E-state index contributed by atoms with van der Waals surface area (Å²) in [7, 11) is -3.11. The van der Waals surface area contributed by atoms with E-state index in [1.54, 1.807) is 5.38 Å². The first kappa shape index (κ1) is 10.7. The van der Waals surface area contributed by atoms with Gasteiger partial charge in [0.2, 0.25) is 0 Å². The van der Waals surface area contributed by atoms with Crippen LogP contribution in [0, 0.1) is 10.1 Å². The zero-order valence-corrected chi connectivity index (χ0v) is 7.17. The van der Waals surface area contributed by atoms with Gasteiger partial charge in [-0.15, -0.1) is 24.0 Å². The van der Waals surface area contributed by atoms with Crippen LogP contribution in [0.15, 0.2) is 16.8 Å². The lowest BCUT2D eigenvalue weighted by Crippen LogP contribution is -1.81. The van der Waals surface area contributed by atoms with E-state index in [2.05, 4.69) is 0 Å². The van der Waals surface area contributed by atoms with Gasteiger partial charge in [0.15, 0.2) is 0 Å². The molecule has 66 valence electrons. The maximum atomic E-state index is 9.87. The molecule has 8 heteroatoms. The Morgan fingerprint density at radius 2 is 1.92 bits per heavy atom. The SMILES string of the molecule is O=S(=O)=O.O=[N+]([O-])c1ccsc1. The highest BCUT2D eigenvalue weighted by molar-refractivity contribution is 7.59. The van der Waals surface area contributed by atoms with Crippen molar-refractivity contribution >= 4 is 27.6 Å². The van der Waals surface area contributed by atoms with Crippen molar-refractivity contribution in [2.24, 2.45) is 0 Å². The Morgan fingerprint density at radius 1 is 1.42 bits per heavy atom. The third-order valence-corrected chi connectivity index (χ3v) is 1.39. The summed E-state index contributed by atoms with van der Waals surface area (Å²) in [5.74, 6) is 0. The van der Waals surface area contributed by atoms with Gasteiger partial charge in [0.25, 0.3) is 5.69 Å². The molecule has 0 aliphatic rings. The highest BCUT2D eigenvalue weighted by atomic mass is 32.2. The van der Waals surface area contributed by atoms with Crippen LogP contribution in [0.2, 0.25) is 0 Å². The molecule has 0 aliphatic carbocycles. The zero-order chi connectivity index (χ0) is 9.56. The molecular weight excluding hydrogens is 206 g/mol. The monoisotopic (exact) mass is 209 g/mol.